The van der Waals surface area contributed by atoms with Crippen molar-refractivity contribution in [3.05, 3.63) is 0 Å². The molecule has 1 fully saturated rings. The Morgan fingerprint density at radius 1 is 1.64 bits per heavy atom. The third-order valence-corrected chi connectivity index (χ3v) is 1.89. The zero-order valence-electron chi connectivity index (χ0n) is 6.68. The van der Waals surface area contributed by atoms with Crippen molar-refractivity contribution in [1.82, 2.24) is 5.32 Å². The maximum absolute atomic E-state index is 8.25. The molecule has 3 nitrogen and oxygen atoms in total. The second-order valence-electron chi connectivity index (χ2n) is 2.87. The Morgan fingerprint density at radius 3 is 3.18 bits per heavy atom. The number of nitrogens with zero attached hydrogens (tertiary/aromatic N) is 1. The molecular weight excluding hydrogens is 140 g/mol. The van der Waals surface area contributed by atoms with Gasteiger partial charge in [0.25, 0.3) is 0 Å². The molecule has 1 rings (SSSR count). The third-order valence-electron chi connectivity index (χ3n) is 1.89. The molecule has 3 heteroatoms. The van der Waals surface area contributed by atoms with Crippen LogP contribution in [-0.4, -0.2) is 26.3 Å². The first-order valence-electron chi connectivity index (χ1n) is 4.09. The van der Waals surface area contributed by atoms with Crippen molar-refractivity contribution >= 4 is 0 Å². The van der Waals surface area contributed by atoms with Crippen LogP contribution in [0.15, 0.2) is 0 Å². The summed E-state index contributed by atoms with van der Waals surface area (Å²) in [5.74, 6) is 0.622. The molecule has 1 N–H and O–H groups in total. The largest absolute Gasteiger partial charge is 0.381 e. The Kier molecular flexibility index (Phi) is 3.95. The van der Waals surface area contributed by atoms with Gasteiger partial charge in [-0.2, -0.15) is 5.26 Å². The number of rotatable bonds is 3. The highest BCUT2D eigenvalue weighted by Gasteiger charge is 2.12. The molecule has 1 unspecified atom stereocenters. The van der Waals surface area contributed by atoms with Crippen LogP contribution in [-0.2, 0) is 4.74 Å². The lowest BCUT2D eigenvalue weighted by atomic mass is 10.0. The molecule has 0 aliphatic carbocycles. The Hall–Kier alpha value is -0.590. The van der Waals surface area contributed by atoms with E-state index in [0.29, 0.717) is 12.5 Å². The number of nitriles is 1. The summed E-state index contributed by atoms with van der Waals surface area (Å²) in [5.41, 5.74) is 0. The summed E-state index contributed by atoms with van der Waals surface area (Å²) >= 11 is 0. The van der Waals surface area contributed by atoms with Crippen molar-refractivity contribution in [2.24, 2.45) is 5.92 Å². The summed E-state index contributed by atoms with van der Waals surface area (Å²) in [4.78, 5) is 0. The van der Waals surface area contributed by atoms with Gasteiger partial charge in [-0.3, -0.25) is 0 Å². The first-order chi connectivity index (χ1) is 5.43. The lowest BCUT2D eigenvalue weighted by Crippen LogP contribution is -2.29. The zero-order valence-corrected chi connectivity index (χ0v) is 6.68. The minimum atomic E-state index is 0.455. The maximum atomic E-state index is 8.25. The SMILES string of the molecule is N#CCNCC1CCCOC1. The van der Waals surface area contributed by atoms with Gasteiger partial charge < -0.3 is 10.1 Å². The highest BCUT2D eigenvalue weighted by molar-refractivity contribution is 4.75. The molecule has 0 radical (unpaired) electrons. The first-order valence-corrected chi connectivity index (χ1v) is 4.09. The second kappa shape index (κ2) is 5.11. The minimum absolute atomic E-state index is 0.455. The lowest BCUT2D eigenvalue weighted by Gasteiger charge is -2.21. The monoisotopic (exact) mass is 154 g/mol. The molecular formula is C8H14N2O. The molecule has 1 atom stereocenters. The van der Waals surface area contributed by atoms with Crippen molar-refractivity contribution in [2.75, 3.05) is 26.3 Å². The Bertz CT molecular complexity index is 136. The van der Waals surface area contributed by atoms with Gasteiger partial charge in [0.2, 0.25) is 0 Å². The van der Waals surface area contributed by atoms with E-state index in [0.717, 1.165) is 19.8 Å². The quantitative estimate of drug-likeness (QED) is 0.476. The normalized spacial score (nSPS) is 24.5. The molecule has 11 heavy (non-hydrogen) atoms. The van der Waals surface area contributed by atoms with E-state index in [1.807, 2.05) is 0 Å². The summed E-state index contributed by atoms with van der Waals surface area (Å²) in [6, 6.07) is 2.06. The molecule has 0 aromatic rings. The number of hydrogen-bond acceptors (Lipinski definition) is 3. The van der Waals surface area contributed by atoms with Gasteiger partial charge in [-0.05, 0) is 18.8 Å². The Balaban J connectivity index is 2.01. The van der Waals surface area contributed by atoms with Crippen molar-refractivity contribution in [3.63, 3.8) is 0 Å². The van der Waals surface area contributed by atoms with Gasteiger partial charge in [-0.1, -0.05) is 0 Å². The Labute approximate surface area is 67.3 Å². The standard InChI is InChI=1S/C8H14N2O/c9-3-4-10-6-8-2-1-5-11-7-8/h8,10H,1-2,4-7H2. The van der Waals surface area contributed by atoms with Gasteiger partial charge in [0.1, 0.15) is 0 Å². The summed E-state index contributed by atoms with van der Waals surface area (Å²) in [5, 5.41) is 11.3. The summed E-state index contributed by atoms with van der Waals surface area (Å²) in [6.07, 6.45) is 2.40. The van der Waals surface area contributed by atoms with Crippen molar-refractivity contribution in [3.8, 4) is 6.07 Å². The molecule has 0 spiro atoms. The average molecular weight is 154 g/mol. The molecule has 1 saturated heterocycles. The summed E-state index contributed by atoms with van der Waals surface area (Å²) in [6.45, 7) is 3.15. The molecule has 0 saturated carbocycles. The topological polar surface area (TPSA) is 45.0 Å². The molecule has 0 aromatic carbocycles. The molecule has 0 bridgehead atoms. The van der Waals surface area contributed by atoms with Crippen LogP contribution < -0.4 is 5.32 Å². The predicted octanol–water partition coefficient (Wildman–Crippen LogP) is 0.526. The zero-order chi connectivity index (χ0) is 7.94. The molecule has 1 heterocycles. The van der Waals surface area contributed by atoms with Gasteiger partial charge in [-0.25, -0.2) is 0 Å². The summed E-state index contributed by atoms with van der Waals surface area (Å²) < 4.78 is 5.29. The second-order valence-corrected chi connectivity index (χ2v) is 2.87. The molecule has 62 valence electrons. The van der Waals surface area contributed by atoms with E-state index in [2.05, 4.69) is 11.4 Å². The van der Waals surface area contributed by atoms with Crippen LogP contribution in [0.5, 0.6) is 0 Å². The maximum Gasteiger partial charge on any atom is 0.0841 e. The van der Waals surface area contributed by atoms with Crippen LogP contribution in [0.3, 0.4) is 0 Å². The van der Waals surface area contributed by atoms with E-state index >= 15 is 0 Å². The smallest absolute Gasteiger partial charge is 0.0841 e. The van der Waals surface area contributed by atoms with Crippen LogP contribution in [0.1, 0.15) is 12.8 Å². The first kappa shape index (κ1) is 8.51. The van der Waals surface area contributed by atoms with Crippen LogP contribution >= 0.6 is 0 Å². The van der Waals surface area contributed by atoms with Crippen LogP contribution in [0.25, 0.3) is 0 Å². The van der Waals surface area contributed by atoms with Crippen LogP contribution in [0.2, 0.25) is 0 Å². The molecule has 1 aliphatic heterocycles. The van der Waals surface area contributed by atoms with Gasteiger partial charge in [0.15, 0.2) is 0 Å². The van der Waals surface area contributed by atoms with E-state index in [1.54, 1.807) is 0 Å². The van der Waals surface area contributed by atoms with E-state index in [4.69, 9.17) is 10.00 Å². The lowest BCUT2D eigenvalue weighted by molar-refractivity contribution is 0.0552. The summed E-state index contributed by atoms with van der Waals surface area (Å²) in [7, 11) is 0. The fraction of sp³-hybridized carbons (Fsp3) is 0.875. The van der Waals surface area contributed by atoms with Crippen molar-refractivity contribution in [2.45, 2.75) is 12.8 Å². The minimum Gasteiger partial charge on any atom is -0.381 e. The Morgan fingerprint density at radius 2 is 2.55 bits per heavy atom. The number of nitrogens with one attached hydrogen (secondary N) is 1. The van der Waals surface area contributed by atoms with Gasteiger partial charge >= 0.3 is 0 Å². The number of hydrogen-bond donors (Lipinski definition) is 1. The van der Waals surface area contributed by atoms with E-state index in [-0.39, 0.29) is 0 Å². The molecule has 0 amide bonds. The van der Waals surface area contributed by atoms with E-state index < -0.39 is 0 Å². The average Bonchev–Trinajstić information content (AvgIpc) is 2.07. The van der Waals surface area contributed by atoms with Crippen molar-refractivity contribution in [1.29, 1.82) is 5.26 Å². The highest BCUT2D eigenvalue weighted by atomic mass is 16.5. The van der Waals surface area contributed by atoms with Crippen molar-refractivity contribution < 1.29 is 4.74 Å². The van der Waals surface area contributed by atoms with Crippen LogP contribution in [0.4, 0.5) is 0 Å². The molecule has 1 aliphatic rings. The van der Waals surface area contributed by atoms with E-state index in [9.17, 15) is 0 Å². The van der Waals surface area contributed by atoms with Gasteiger partial charge in [-0.15, -0.1) is 0 Å². The number of ether oxygens (including phenoxy) is 1. The third kappa shape index (κ3) is 3.35. The van der Waals surface area contributed by atoms with Crippen LogP contribution in [0, 0.1) is 17.2 Å². The van der Waals surface area contributed by atoms with E-state index in [1.165, 1.54) is 12.8 Å². The highest BCUT2D eigenvalue weighted by Crippen LogP contribution is 2.11. The fourth-order valence-electron chi connectivity index (χ4n) is 1.30. The van der Waals surface area contributed by atoms with Gasteiger partial charge in [0, 0.05) is 13.2 Å². The molecule has 0 aromatic heterocycles. The van der Waals surface area contributed by atoms with Gasteiger partial charge in [0.05, 0.1) is 19.2 Å². The fourth-order valence-corrected chi connectivity index (χ4v) is 1.30. The predicted molar refractivity (Wildman–Crippen MR) is 42.0 cm³/mol.